The van der Waals surface area contributed by atoms with Crippen molar-refractivity contribution in [2.45, 2.75) is 26.4 Å². The molecule has 144 valence electrons. The number of carboxylic acid groups (broad SMARTS) is 1. The maximum atomic E-state index is 14.2. The van der Waals surface area contributed by atoms with Gasteiger partial charge >= 0.3 is 5.97 Å². The van der Waals surface area contributed by atoms with Crippen molar-refractivity contribution in [2.24, 2.45) is 5.92 Å². The molecule has 0 unspecified atom stereocenters. The highest BCUT2D eigenvalue weighted by Crippen LogP contribution is 2.23. The van der Waals surface area contributed by atoms with Crippen molar-refractivity contribution < 1.29 is 23.8 Å². The molecule has 9 heteroatoms. The number of rotatable bonds is 7. The lowest BCUT2D eigenvalue weighted by Gasteiger charge is -2.18. The summed E-state index contributed by atoms with van der Waals surface area (Å²) in [6.07, 6.45) is 0. The fourth-order valence-electron chi connectivity index (χ4n) is 2.41. The number of aromatic nitrogens is 2. The van der Waals surface area contributed by atoms with E-state index in [0.29, 0.717) is 5.75 Å². The van der Waals surface area contributed by atoms with E-state index in [9.17, 15) is 18.8 Å². The van der Waals surface area contributed by atoms with Crippen molar-refractivity contribution >= 4 is 11.9 Å². The van der Waals surface area contributed by atoms with Gasteiger partial charge in [-0.1, -0.05) is 13.8 Å². The highest BCUT2D eigenvalue weighted by Gasteiger charge is 2.23. The van der Waals surface area contributed by atoms with Crippen LogP contribution in [0.4, 0.5) is 4.39 Å². The molecule has 0 saturated heterocycles. The van der Waals surface area contributed by atoms with E-state index in [4.69, 9.17) is 9.84 Å². The summed E-state index contributed by atoms with van der Waals surface area (Å²) < 4.78 is 20.0. The summed E-state index contributed by atoms with van der Waals surface area (Å²) in [4.78, 5) is 35.3. The zero-order chi connectivity index (χ0) is 20.1. The Bertz CT molecular complexity index is 910. The quantitative estimate of drug-likeness (QED) is 0.752. The third kappa shape index (κ3) is 4.90. The lowest BCUT2D eigenvalue weighted by molar-refractivity contribution is -0.143. The number of aliphatic carboxylic acids is 1. The Morgan fingerprint density at radius 1 is 1.30 bits per heavy atom. The molecule has 2 rings (SSSR count). The number of nitrogens with zero attached hydrogens (tertiary/aromatic N) is 2. The Morgan fingerprint density at radius 2 is 2.00 bits per heavy atom. The third-order valence-corrected chi connectivity index (χ3v) is 3.86. The number of carbonyl (C=O) groups is 2. The molecule has 0 spiro atoms. The second-order valence-electron chi connectivity index (χ2n) is 6.19. The van der Waals surface area contributed by atoms with Gasteiger partial charge in [-0.3, -0.25) is 9.59 Å². The Morgan fingerprint density at radius 3 is 2.56 bits per heavy atom. The number of methoxy groups -OCH3 is 1. The number of carbonyl (C=O) groups excluding carboxylic acids is 1. The average molecular weight is 377 g/mol. The van der Waals surface area contributed by atoms with Crippen LogP contribution in [0.15, 0.2) is 35.1 Å². The minimum absolute atomic E-state index is 0.135. The number of amides is 1. The van der Waals surface area contributed by atoms with E-state index in [0.717, 1.165) is 10.7 Å². The maximum absolute atomic E-state index is 14.2. The molecule has 0 bridgehead atoms. The largest absolute Gasteiger partial charge is 0.497 e. The molecule has 2 aromatic rings. The maximum Gasteiger partial charge on any atom is 0.326 e. The van der Waals surface area contributed by atoms with Crippen LogP contribution in [0.3, 0.4) is 0 Å². The van der Waals surface area contributed by atoms with Crippen LogP contribution in [-0.2, 0) is 16.1 Å². The van der Waals surface area contributed by atoms with Gasteiger partial charge in [-0.25, -0.2) is 13.9 Å². The van der Waals surface area contributed by atoms with Crippen molar-refractivity contribution in [3.8, 4) is 17.0 Å². The summed E-state index contributed by atoms with van der Waals surface area (Å²) >= 11 is 0. The van der Waals surface area contributed by atoms with E-state index < -0.39 is 35.8 Å². The van der Waals surface area contributed by atoms with Gasteiger partial charge in [-0.15, -0.1) is 0 Å². The van der Waals surface area contributed by atoms with Crippen LogP contribution in [0, 0.1) is 11.7 Å². The van der Waals surface area contributed by atoms with Gasteiger partial charge in [-0.05, 0) is 24.1 Å². The number of benzene rings is 1. The predicted molar refractivity (Wildman–Crippen MR) is 94.8 cm³/mol. The van der Waals surface area contributed by atoms with Gasteiger partial charge < -0.3 is 15.2 Å². The Balaban J connectivity index is 2.26. The van der Waals surface area contributed by atoms with Gasteiger partial charge in [0.2, 0.25) is 5.91 Å². The molecule has 0 aliphatic carbocycles. The number of hydrogen-bond donors (Lipinski definition) is 2. The molecule has 0 saturated carbocycles. The topological polar surface area (TPSA) is 111 Å². The molecule has 1 amide bonds. The van der Waals surface area contributed by atoms with Gasteiger partial charge in [-0.2, -0.15) is 5.10 Å². The fraction of sp³-hybridized carbons (Fsp3) is 0.333. The van der Waals surface area contributed by atoms with E-state index in [1.54, 1.807) is 19.9 Å². The second kappa shape index (κ2) is 8.43. The van der Waals surface area contributed by atoms with E-state index in [-0.39, 0.29) is 17.2 Å². The van der Waals surface area contributed by atoms with Crippen LogP contribution >= 0.6 is 0 Å². The normalized spacial score (nSPS) is 11.9. The highest BCUT2D eigenvalue weighted by molar-refractivity contribution is 5.83. The summed E-state index contributed by atoms with van der Waals surface area (Å²) in [5.41, 5.74) is -0.281. The van der Waals surface area contributed by atoms with E-state index in [1.165, 1.54) is 25.3 Å². The van der Waals surface area contributed by atoms with Crippen LogP contribution in [0.5, 0.6) is 5.75 Å². The zero-order valence-electron chi connectivity index (χ0n) is 15.1. The first-order valence-corrected chi connectivity index (χ1v) is 8.17. The Kier molecular flexibility index (Phi) is 6.27. The molecular formula is C18H20FN3O5. The molecule has 0 radical (unpaired) electrons. The first kappa shape index (κ1) is 20.1. The van der Waals surface area contributed by atoms with Crippen LogP contribution < -0.4 is 15.6 Å². The Hall–Kier alpha value is -3.23. The van der Waals surface area contributed by atoms with Crippen molar-refractivity contribution in [3.05, 3.63) is 46.5 Å². The van der Waals surface area contributed by atoms with E-state index >= 15 is 0 Å². The smallest absolute Gasteiger partial charge is 0.326 e. The summed E-state index contributed by atoms with van der Waals surface area (Å²) in [7, 11) is 1.41. The second-order valence-corrected chi connectivity index (χ2v) is 6.19. The lowest BCUT2D eigenvalue weighted by atomic mass is 10.1. The van der Waals surface area contributed by atoms with Crippen molar-refractivity contribution in [3.63, 3.8) is 0 Å². The molecule has 8 nitrogen and oxygen atoms in total. The molecule has 2 N–H and O–H groups in total. The van der Waals surface area contributed by atoms with Gasteiger partial charge in [0.05, 0.1) is 12.8 Å². The van der Waals surface area contributed by atoms with E-state index in [2.05, 4.69) is 10.4 Å². The molecule has 1 atom stereocenters. The monoisotopic (exact) mass is 377 g/mol. The van der Waals surface area contributed by atoms with Gasteiger partial charge in [0.15, 0.2) is 0 Å². The van der Waals surface area contributed by atoms with Crippen molar-refractivity contribution in [2.75, 3.05) is 7.11 Å². The number of ether oxygens (including phenoxy) is 1. The number of hydrogen-bond acceptors (Lipinski definition) is 5. The molecular weight excluding hydrogens is 357 g/mol. The van der Waals surface area contributed by atoms with Crippen LogP contribution in [0.2, 0.25) is 0 Å². The number of nitrogens with one attached hydrogen (secondary N) is 1. The van der Waals surface area contributed by atoms with Gasteiger partial charge in [0, 0.05) is 17.7 Å². The highest BCUT2D eigenvalue weighted by atomic mass is 19.1. The molecule has 1 aromatic carbocycles. The fourth-order valence-corrected chi connectivity index (χ4v) is 2.41. The Labute approximate surface area is 154 Å². The standard InChI is InChI=1S/C18H20FN3O5/c1-10(2)17(18(25)26)20-15(23)9-22-16(24)7-6-14(21-22)12-5-4-11(27-3)8-13(12)19/h4-8,10,17H,9H2,1-3H3,(H,20,23)(H,25,26)/t17-/m1/s1. The average Bonchev–Trinajstić information content (AvgIpc) is 2.61. The minimum atomic E-state index is -1.17. The van der Waals surface area contributed by atoms with Gasteiger partial charge in [0.1, 0.15) is 24.2 Å². The van der Waals surface area contributed by atoms with Gasteiger partial charge in [0.25, 0.3) is 5.56 Å². The zero-order valence-corrected chi connectivity index (χ0v) is 15.1. The summed E-state index contributed by atoms with van der Waals surface area (Å²) in [5, 5.41) is 15.5. The molecule has 27 heavy (non-hydrogen) atoms. The lowest BCUT2D eigenvalue weighted by Crippen LogP contribution is -2.46. The molecule has 0 fully saturated rings. The first-order valence-electron chi connectivity index (χ1n) is 8.17. The molecule has 0 aliphatic heterocycles. The first-order chi connectivity index (χ1) is 12.7. The summed E-state index contributed by atoms with van der Waals surface area (Å²) in [6, 6.07) is 5.59. The summed E-state index contributed by atoms with van der Waals surface area (Å²) in [5.74, 6) is -2.46. The molecule has 0 aliphatic rings. The van der Waals surface area contributed by atoms with Crippen LogP contribution in [0.25, 0.3) is 11.3 Å². The number of carboxylic acids is 1. The van der Waals surface area contributed by atoms with Crippen molar-refractivity contribution in [1.82, 2.24) is 15.1 Å². The van der Waals surface area contributed by atoms with Crippen LogP contribution in [-0.4, -0.2) is 39.9 Å². The summed E-state index contributed by atoms with van der Waals surface area (Å²) in [6.45, 7) is 2.81. The SMILES string of the molecule is COc1ccc(-c2ccc(=O)n(CC(=O)N[C@@H](C(=O)O)C(C)C)n2)c(F)c1. The molecule has 1 heterocycles. The predicted octanol–water partition coefficient (Wildman–Crippen LogP) is 1.28. The molecule has 1 aromatic heterocycles. The van der Waals surface area contributed by atoms with Crippen LogP contribution in [0.1, 0.15) is 13.8 Å². The van der Waals surface area contributed by atoms with E-state index in [1.807, 2.05) is 0 Å². The van der Waals surface area contributed by atoms with Crippen molar-refractivity contribution in [1.29, 1.82) is 0 Å². The number of halogens is 1. The minimum Gasteiger partial charge on any atom is -0.497 e. The third-order valence-electron chi connectivity index (χ3n) is 3.86.